The van der Waals surface area contributed by atoms with Crippen molar-refractivity contribution >= 4 is 17.5 Å². The van der Waals surface area contributed by atoms with Crippen LogP contribution in [-0.2, 0) is 14.2 Å². The Kier molecular flexibility index (Phi) is 6.11. The van der Waals surface area contributed by atoms with Crippen molar-refractivity contribution in [1.82, 2.24) is 0 Å². The van der Waals surface area contributed by atoms with Crippen molar-refractivity contribution in [2.75, 3.05) is 32.0 Å². The Labute approximate surface area is 113 Å². The fraction of sp³-hybridized carbons (Fsp3) is 0.462. The number of hydrogen-bond donors (Lipinski definition) is 2. The van der Waals surface area contributed by atoms with E-state index in [9.17, 15) is 4.79 Å². The molecule has 0 aromatic heterocycles. The summed E-state index contributed by atoms with van der Waals surface area (Å²) in [4.78, 5) is 11.0. The summed E-state index contributed by atoms with van der Waals surface area (Å²) in [7, 11) is 4.51. The summed E-state index contributed by atoms with van der Waals surface area (Å²) in [5.41, 5.74) is 1.57. The van der Waals surface area contributed by atoms with Crippen molar-refractivity contribution in [2.45, 2.75) is 19.3 Å². The molecule has 1 aromatic carbocycles. The molecule has 19 heavy (non-hydrogen) atoms. The maximum atomic E-state index is 11.0. The van der Waals surface area contributed by atoms with Gasteiger partial charge in [0.25, 0.3) is 0 Å². The topological polar surface area (TPSA) is 68.8 Å². The highest BCUT2D eigenvalue weighted by Crippen LogP contribution is 2.16. The molecule has 1 atom stereocenters. The zero-order valence-corrected chi connectivity index (χ0v) is 11.6. The summed E-state index contributed by atoms with van der Waals surface area (Å²) in [6.07, 6.45) is -0.819. The summed E-state index contributed by atoms with van der Waals surface area (Å²) in [6, 6.07) is 7.25. The van der Waals surface area contributed by atoms with Gasteiger partial charge in [-0.25, -0.2) is 4.79 Å². The minimum atomic E-state index is -0.493. The first-order valence-electron chi connectivity index (χ1n) is 5.88. The Balaban J connectivity index is 2.59. The number of ether oxygens (including phenoxy) is 3. The number of hydrogen-bond acceptors (Lipinski definition) is 5. The van der Waals surface area contributed by atoms with Gasteiger partial charge in [0, 0.05) is 25.6 Å². The molecule has 0 aliphatic heterocycles. The monoisotopic (exact) mass is 268 g/mol. The van der Waals surface area contributed by atoms with Gasteiger partial charge in [-0.15, -0.1) is 0 Å². The molecule has 0 heterocycles. The third kappa shape index (κ3) is 4.76. The third-order valence-corrected chi connectivity index (χ3v) is 2.58. The second kappa shape index (κ2) is 7.60. The molecule has 0 radical (unpaired) electrons. The van der Waals surface area contributed by atoms with Crippen LogP contribution in [0.25, 0.3) is 0 Å². The molecule has 1 unspecified atom stereocenters. The van der Waals surface area contributed by atoms with Crippen LogP contribution in [0.4, 0.5) is 16.2 Å². The van der Waals surface area contributed by atoms with Gasteiger partial charge in [0.15, 0.2) is 6.29 Å². The highest BCUT2D eigenvalue weighted by atomic mass is 16.7. The molecule has 6 nitrogen and oxygen atoms in total. The van der Waals surface area contributed by atoms with Crippen molar-refractivity contribution in [1.29, 1.82) is 0 Å². The number of anilines is 2. The standard InChI is InChI=1S/C13H20N2O4/c1-9(12(17-2)18-3)14-10-5-7-11(8-6-10)15-13(16)19-4/h5-9,12,14H,1-4H3,(H,15,16). The highest BCUT2D eigenvalue weighted by molar-refractivity contribution is 5.84. The van der Waals surface area contributed by atoms with E-state index in [4.69, 9.17) is 9.47 Å². The molecule has 0 bridgehead atoms. The van der Waals surface area contributed by atoms with Gasteiger partial charge in [-0.1, -0.05) is 0 Å². The molecular formula is C13H20N2O4. The van der Waals surface area contributed by atoms with Crippen molar-refractivity contribution < 1.29 is 19.0 Å². The maximum Gasteiger partial charge on any atom is 0.411 e. The fourth-order valence-electron chi connectivity index (χ4n) is 1.65. The molecule has 2 N–H and O–H groups in total. The smallest absolute Gasteiger partial charge is 0.411 e. The summed E-state index contributed by atoms with van der Waals surface area (Å²) < 4.78 is 14.8. The first-order valence-corrected chi connectivity index (χ1v) is 5.88. The Morgan fingerprint density at radius 2 is 1.58 bits per heavy atom. The molecule has 0 aliphatic rings. The number of carbonyl (C=O) groups is 1. The number of rotatable bonds is 6. The summed E-state index contributed by atoms with van der Waals surface area (Å²) in [5.74, 6) is 0. The van der Waals surface area contributed by atoms with Gasteiger partial charge in [0.2, 0.25) is 0 Å². The minimum Gasteiger partial charge on any atom is -0.453 e. The van der Waals surface area contributed by atoms with Crippen LogP contribution in [0.15, 0.2) is 24.3 Å². The SMILES string of the molecule is COC(=O)Nc1ccc(NC(C)C(OC)OC)cc1. The molecule has 1 aromatic rings. The number of amides is 1. The zero-order valence-electron chi connectivity index (χ0n) is 11.6. The number of carbonyl (C=O) groups excluding carboxylic acids is 1. The van der Waals surface area contributed by atoms with Gasteiger partial charge >= 0.3 is 6.09 Å². The van der Waals surface area contributed by atoms with E-state index in [0.29, 0.717) is 5.69 Å². The van der Waals surface area contributed by atoms with Crippen LogP contribution in [0.1, 0.15) is 6.92 Å². The van der Waals surface area contributed by atoms with E-state index in [1.807, 2.05) is 19.1 Å². The van der Waals surface area contributed by atoms with Crippen molar-refractivity contribution in [3.63, 3.8) is 0 Å². The lowest BCUT2D eigenvalue weighted by Crippen LogP contribution is -2.33. The average Bonchev–Trinajstić information content (AvgIpc) is 2.42. The van der Waals surface area contributed by atoms with Crippen LogP contribution in [0.3, 0.4) is 0 Å². The van der Waals surface area contributed by atoms with E-state index in [1.54, 1.807) is 26.4 Å². The van der Waals surface area contributed by atoms with E-state index in [1.165, 1.54) is 7.11 Å². The number of methoxy groups -OCH3 is 3. The van der Waals surface area contributed by atoms with Gasteiger partial charge in [0.1, 0.15) is 0 Å². The number of benzene rings is 1. The maximum absolute atomic E-state index is 11.0. The van der Waals surface area contributed by atoms with E-state index < -0.39 is 6.09 Å². The van der Waals surface area contributed by atoms with E-state index in [2.05, 4.69) is 15.4 Å². The molecule has 0 aliphatic carbocycles. The predicted molar refractivity (Wildman–Crippen MR) is 73.4 cm³/mol. The number of nitrogens with one attached hydrogen (secondary N) is 2. The van der Waals surface area contributed by atoms with Crippen LogP contribution < -0.4 is 10.6 Å². The second-order valence-electron chi connectivity index (χ2n) is 3.97. The van der Waals surface area contributed by atoms with E-state index >= 15 is 0 Å². The summed E-state index contributed by atoms with van der Waals surface area (Å²) in [5, 5.41) is 5.82. The van der Waals surface area contributed by atoms with Crippen LogP contribution in [0.5, 0.6) is 0 Å². The second-order valence-corrected chi connectivity index (χ2v) is 3.97. The Morgan fingerprint density at radius 1 is 1.05 bits per heavy atom. The van der Waals surface area contributed by atoms with Crippen molar-refractivity contribution in [2.24, 2.45) is 0 Å². The Bertz CT molecular complexity index is 390. The van der Waals surface area contributed by atoms with Crippen molar-refractivity contribution in [3.05, 3.63) is 24.3 Å². The molecule has 106 valence electrons. The molecule has 0 saturated heterocycles. The van der Waals surface area contributed by atoms with Crippen molar-refractivity contribution in [3.8, 4) is 0 Å². The highest BCUT2D eigenvalue weighted by Gasteiger charge is 2.15. The minimum absolute atomic E-state index is 0.00517. The molecular weight excluding hydrogens is 248 g/mol. The Morgan fingerprint density at radius 3 is 2.05 bits per heavy atom. The Hall–Kier alpha value is -1.79. The lowest BCUT2D eigenvalue weighted by molar-refractivity contribution is -0.109. The third-order valence-electron chi connectivity index (χ3n) is 2.58. The van der Waals surface area contributed by atoms with Crippen LogP contribution in [0.2, 0.25) is 0 Å². The van der Waals surface area contributed by atoms with Gasteiger partial charge in [-0.3, -0.25) is 5.32 Å². The van der Waals surface area contributed by atoms with Crippen LogP contribution in [-0.4, -0.2) is 39.8 Å². The van der Waals surface area contributed by atoms with Gasteiger partial charge in [-0.2, -0.15) is 0 Å². The van der Waals surface area contributed by atoms with Gasteiger partial charge in [-0.05, 0) is 31.2 Å². The predicted octanol–water partition coefficient (Wildman–Crippen LogP) is 2.28. The van der Waals surface area contributed by atoms with Crippen LogP contribution >= 0.6 is 0 Å². The lowest BCUT2D eigenvalue weighted by atomic mass is 10.2. The fourth-order valence-corrected chi connectivity index (χ4v) is 1.65. The molecule has 0 saturated carbocycles. The lowest BCUT2D eigenvalue weighted by Gasteiger charge is -2.23. The van der Waals surface area contributed by atoms with Gasteiger partial charge < -0.3 is 19.5 Å². The molecule has 0 spiro atoms. The first-order chi connectivity index (χ1) is 9.10. The molecule has 0 fully saturated rings. The summed E-state index contributed by atoms with van der Waals surface area (Å²) >= 11 is 0. The largest absolute Gasteiger partial charge is 0.453 e. The first kappa shape index (κ1) is 15.3. The summed E-state index contributed by atoms with van der Waals surface area (Å²) in [6.45, 7) is 1.96. The molecule has 6 heteroatoms. The van der Waals surface area contributed by atoms with E-state index in [0.717, 1.165) is 5.69 Å². The zero-order chi connectivity index (χ0) is 14.3. The molecule has 1 amide bonds. The normalized spacial score (nSPS) is 12.1. The average molecular weight is 268 g/mol. The van der Waals surface area contributed by atoms with Gasteiger partial charge in [0.05, 0.1) is 13.2 Å². The van der Waals surface area contributed by atoms with Crippen LogP contribution in [0, 0.1) is 0 Å². The molecule has 1 rings (SSSR count). The van der Waals surface area contributed by atoms with E-state index in [-0.39, 0.29) is 12.3 Å². The quantitative estimate of drug-likeness (QED) is 0.775.